The second-order valence-electron chi connectivity index (χ2n) is 6.88. The number of rotatable bonds is 6. The molecule has 1 aliphatic rings. The molecule has 0 radical (unpaired) electrons. The van der Waals surface area contributed by atoms with E-state index in [1.54, 1.807) is 18.6 Å². The zero-order valence-electron chi connectivity index (χ0n) is 14.6. The van der Waals surface area contributed by atoms with Gasteiger partial charge in [0.1, 0.15) is 5.82 Å². The van der Waals surface area contributed by atoms with E-state index in [9.17, 15) is 5.11 Å². The van der Waals surface area contributed by atoms with Crippen molar-refractivity contribution < 1.29 is 5.11 Å². The van der Waals surface area contributed by atoms with Crippen LogP contribution in [0.15, 0.2) is 61.3 Å². The predicted octanol–water partition coefficient (Wildman–Crippen LogP) is 1.76. The van der Waals surface area contributed by atoms with E-state index in [4.69, 9.17) is 0 Å². The lowest BCUT2D eigenvalue weighted by Crippen LogP contribution is -2.23. The lowest BCUT2D eigenvalue weighted by Gasteiger charge is -2.16. The number of benzene rings is 1. The smallest absolute Gasteiger partial charge is 0.123 e. The molecule has 1 aromatic carbocycles. The molecule has 0 amide bonds. The van der Waals surface area contributed by atoms with E-state index >= 15 is 0 Å². The van der Waals surface area contributed by atoms with Gasteiger partial charge in [0.2, 0.25) is 0 Å². The van der Waals surface area contributed by atoms with Crippen LogP contribution in [0.25, 0.3) is 0 Å². The maximum atomic E-state index is 10.4. The van der Waals surface area contributed by atoms with Crippen LogP contribution in [0.3, 0.4) is 0 Å². The molecule has 0 unspecified atom stereocenters. The molecule has 1 fully saturated rings. The predicted molar refractivity (Wildman–Crippen MR) is 98.3 cm³/mol. The van der Waals surface area contributed by atoms with E-state index < -0.39 is 0 Å². The van der Waals surface area contributed by atoms with Crippen molar-refractivity contribution in [3.8, 4) is 0 Å². The number of β-amino-alcohol motifs (C(OH)–C–C–N with tert-alkyl or cyclic N) is 1. The van der Waals surface area contributed by atoms with Crippen LogP contribution >= 0.6 is 0 Å². The molecular weight excluding hydrogens is 326 g/mol. The minimum absolute atomic E-state index is 0.184. The molecular formula is C20H23N5O. The summed E-state index contributed by atoms with van der Waals surface area (Å²) >= 11 is 0. The summed E-state index contributed by atoms with van der Waals surface area (Å²) in [6.45, 7) is 3.07. The fourth-order valence-electron chi connectivity index (χ4n) is 3.59. The van der Waals surface area contributed by atoms with Crippen LogP contribution in [-0.4, -0.2) is 48.7 Å². The molecule has 0 spiro atoms. The van der Waals surface area contributed by atoms with Crippen LogP contribution in [0.4, 0.5) is 0 Å². The van der Waals surface area contributed by atoms with Gasteiger partial charge in [0.25, 0.3) is 0 Å². The molecule has 0 bridgehead atoms. The van der Waals surface area contributed by atoms with Crippen LogP contribution in [0.2, 0.25) is 0 Å². The van der Waals surface area contributed by atoms with Crippen molar-refractivity contribution in [2.75, 3.05) is 13.1 Å². The Labute approximate surface area is 153 Å². The number of likely N-dealkylation sites (tertiary alicyclic amines) is 1. The Morgan fingerprint density at radius 3 is 2.69 bits per heavy atom. The van der Waals surface area contributed by atoms with Gasteiger partial charge in [-0.2, -0.15) is 0 Å². The Kier molecular flexibility index (Phi) is 5.04. The number of aliphatic hydroxyl groups is 1. The Morgan fingerprint density at radius 1 is 1.00 bits per heavy atom. The van der Waals surface area contributed by atoms with Crippen molar-refractivity contribution in [2.45, 2.75) is 25.6 Å². The van der Waals surface area contributed by atoms with Gasteiger partial charge in [-0.15, -0.1) is 0 Å². The van der Waals surface area contributed by atoms with Crippen LogP contribution in [-0.2, 0) is 19.5 Å². The standard InChI is InChI=1S/C20H23N5O/c26-19-14-24(13-17(19)10-18-11-21-6-7-22-18)15-20-23-8-9-25(20)12-16-4-2-1-3-5-16/h1-9,11,17,19,26H,10,12-15H2/t17-,19-/m1/s1. The van der Waals surface area contributed by atoms with Gasteiger partial charge in [-0.25, -0.2) is 4.98 Å². The third kappa shape index (κ3) is 3.98. The van der Waals surface area contributed by atoms with Crippen LogP contribution in [0.1, 0.15) is 17.1 Å². The van der Waals surface area contributed by atoms with Crippen LogP contribution in [0.5, 0.6) is 0 Å². The Balaban J connectivity index is 1.39. The largest absolute Gasteiger partial charge is 0.391 e. The monoisotopic (exact) mass is 349 g/mol. The third-order valence-electron chi connectivity index (χ3n) is 4.93. The highest BCUT2D eigenvalue weighted by Crippen LogP contribution is 2.22. The molecule has 134 valence electrons. The van der Waals surface area contributed by atoms with Crippen molar-refractivity contribution in [1.82, 2.24) is 24.4 Å². The van der Waals surface area contributed by atoms with Gasteiger partial charge < -0.3 is 9.67 Å². The summed E-state index contributed by atoms with van der Waals surface area (Å²) in [5, 5.41) is 10.4. The number of hydrogen-bond donors (Lipinski definition) is 1. The maximum absolute atomic E-state index is 10.4. The van der Waals surface area contributed by atoms with E-state index in [2.05, 4.69) is 48.7 Å². The first-order valence-electron chi connectivity index (χ1n) is 8.97. The summed E-state index contributed by atoms with van der Waals surface area (Å²) in [4.78, 5) is 15.2. The van der Waals surface area contributed by atoms with Crippen molar-refractivity contribution in [1.29, 1.82) is 0 Å². The van der Waals surface area contributed by atoms with Crippen molar-refractivity contribution in [2.24, 2.45) is 5.92 Å². The first-order chi connectivity index (χ1) is 12.8. The minimum Gasteiger partial charge on any atom is -0.391 e. The molecule has 3 aromatic rings. The molecule has 1 saturated heterocycles. The van der Waals surface area contributed by atoms with Gasteiger partial charge in [-0.05, 0) is 12.0 Å². The highest BCUT2D eigenvalue weighted by atomic mass is 16.3. The zero-order chi connectivity index (χ0) is 17.8. The van der Waals surface area contributed by atoms with Crippen molar-refractivity contribution in [3.05, 3.63) is 78.4 Å². The summed E-state index contributed by atoms with van der Waals surface area (Å²) in [7, 11) is 0. The summed E-state index contributed by atoms with van der Waals surface area (Å²) < 4.78 is 2.18. The molecule has 2 atom stereocenters. The van der Waals surface area contributed by atoms with Gasteiger partial charge in [-0.3, -0.25) is 14.9 Å². The molecule has 1 N–H and O–H groups in total. The summed E-state index contributed by atoms with van der Waals surface area (Å²) in [5.74, 6) is 1.21. The average Bonchev–Trinajstić information content (AvgIpc) is 3.23. The van der Waals surface area contributed by atoms with E-state index in [-0.39, 0.29) is 12.0 Å². The van der Waals surface area contributed by atoms with Gasteiger partial charge in [-0.1, -0.05) is 30.3 Å². The molecule has 26 heavy (non-hydrogen) atoms. The number of aliphatic hydroxyl groups excluding tert-OH is 1. The lowest BCUT2D eigenvalue weighted by molar-refractivity contribution is 0.140. The topological polar surface area (TPSA) is 67.1 Å². The second kappa shape index (κ2) is 7.76. The number of imidazole rings is 1. The minimum atomic E-state index is -0.338. The van der Waals surface area contributed by atoms with Crippen LogP contribution in [0, 0.1) is 5.92 Å². The van der Waals surface area contributed by atoms with Crippen molar-refractivity contribution in [3.63, 3.8) is 0 Å². The Morgan fingerprint density at radius 2 is 1.88 bits per heavy atom. The SMILES string of the molecule is O[C@@H]1CN(Cc2nccn2Cc2ccccc2)C[C@H]1Cc1cnccn1. The van der Waals surface area contributed by atoms with E-state index in [1.165, 1.54) is 5.56 Å². The highest BCUT2D eigenvalue weighted by molar-refractivity contribution is 5.16. The Hall–Kier alpha value is -2.57. The molecule has 2 aromatic heterocycles. The molecule has 4 rings (SSSR count). The Bertz CT molecular complexity index is 820. The van der Waals surface area contributed by atoms with Crippen molar-refractivity contribution >= 4 is 0 Å². The molecule has 0 saturated carbocycles. The molecule has 3 heterocycles. The first kappa shape index (κ1) is 16.9. The van der Waals surface area contributed by atoms with Gasteiger partial charge in [0.05, 0.1) is 18.3 Å². The number of nitrogens with zero attached hydrogens (tertiary/aromatic N) is 5. The van der Waals surface area contributed by atoms with Gasteiger partial charge in [0.15, 0.2) is 0 Å². The van der Waals surface area contributed by atoms with Crippen LogP contribution < -0.4 is 0 Å². The second-order valence-corrected chi connectivity index (χ2v) is 6.88. The van der Waals surface area contributed by atoms with E-state index in [0.717, 1.165) is 37.6 Å². The zero-order valence-corrected chi connectivity index (χ0v) is 14.6. The first-order valence-corrected chi connectivity index (χ1v) is 8.97. The highest BCUT2D eigenvalue weighted by Gasteiger charge is 2.32. The maximum Gasteiger partial charge on any atom is 0.123 e. The summed E-state index contributed by atoms with van der Waals surface area (Å²) in [6, 6.07) is 10.4. The van der Waals surface area contributed by atoms with E-state index in [1.807, 2.05) is 18.5 Å². The van der Waals surface area contributed by atoms with Gasteiger partial charge in [0, 0.05) is 56.5 Å². The average molecular weight is 349 g/mol. The normalized spacial score (nSPS) is 20.5. The lowest BCUT2D eigenvalue weighted by atomic mass is 10.0. The fourth-order valence-corrected chi connectivity index (χ4v) is 3.59. The van der Waals surface area contributed by atoms with Gasteiger partial charge >= 0.3 is 0 Å². The summed E-state index contributed by atoms with van der Waals surface area (Å²) in [5.41, 5.74) is 2.19. The summed E-state index contributed by atoms with van der Waals surface area (Å²) in [6.07, 6.45) is 9.44. The molecule has 0 aliphatic carbocycles. The molecule has 6 nitrogen and oxygen atoms in total. The molecule has 1 aliphatic heterocycles. The number of hydrogen-bond acceptors (Lipinski definition) is 5. The third-order valence-corrected chi connectivity index (χ3v) is 4.93. The number of aromatic nitrogens is 4. The fraction of sp³-hybridized carbons (Fsp3) is 0.350. The molecule has 6 heteroatoms. The quantitative estimate of drug-likeness (QED) is 0.734. The van der Waals surface area contributed by atoms with E-state index in [0.29, 0.717) is 6.54 Å².